The number of nitrogens with zero attached hydrogens (tertiary/aromatic N) is 4. The van der Waals surface area contributed by atoms with Gasteiger partial charge in [0.1, 0.15) is 23.0 Å². The second kappa shape index (κ2) is 11.9. The van der Waals surface area contributed by atoms with Gasteiger partial charge in [-0.25, -0.2) is 22.6 Å². The lowest BCUT2D eigenvalue weighted by molar-refractivity contribution is -0.0486. The standard InChI is InChI=1S/C31H36FN5O7S/c1-19(2)45(40,41)35-26-9-7-24(32)27(23(26)16-33)43-21-6-8-25-22(14-21)28(38)37(18-34-25)20-15-31(42-17-20)10-12-36(13-11-31)29(39)44-30(3,4)5/h6-9,14,18-20,35H,10-13,15,17H2,1-5H3/t20-/m1/s1. The highest BCUT2D eigenvalue weighted by Crippen LogP contribution is 2.41. The van der Waals surface area contributed by atoms with Gasteiger partial charge in [0.05, 0.1) is 46.4 Å². The van der Waals surface area contributed by atoms with Crippen molar-refractivity contribution < 1.29 is 31.8 Å². The molecule has 12 nitrogen and oxygen atoms in total. The number of carbonyl (C=O) groups is 1. The average molecular weight is 642 g/mol. The number of amides is 1. The van der Waals surface area contributed by atoms with Crippen LogP contribution in [0.25, 0.3) is 10.9 Å². The van der Waals surface area contributed by atoms with E-state index in [-0.39, 0.29) is 40.1 Å². The fourth-order valence-corrected chi connectivity index (χ4v) is 6.16. The predicted molar refractivity (Wildman–Crippen MR) is 164 cm³/mol. The Hall–Kier alpha value is -4.22. The maximum absolute atomic E-state index is 14.9. The third kappa shape index (κ3) is 6.74. The molecule has 45 heavy (non-hydrogen) atoms. The van der Waals surface area contributed by atoms with Gasteiger partial charge in [0.2, 0.25) is 10.0 Å². The number of halogens is 1. The van der Waals surface area contributed by atoms with E-state index < -0.39 is 38.0 Å². The molecule has 3 aromatic rings. The molecule has 2 aliphatic heterocycles. The zero-order valence-corrected chi connectivity index (χ0v) is 26.6. The van der Waals surface area contributed by atoms with E-state index in [1.807, 2.05) is 26.8 Å². The second-order valence-electron chi connectivity index (χ2n) is 12.7. The number of piperidine rings is 1. The summed E-state index contributed by atoms with van der Waals surface area (Å²) in [6, 6.07) is 8.12. The monoisotopic (exact) mass is 641 g/mol. The van der Waals surface area contributed by atoms with Crippen molar-refractivity contribution in [2.45, 2.75) is 76.4 Å². The molecule has 0 aliphatic carbocycles. The summed E-state index contributed by atoms with van der Waals surface area (Å²) >= 11 is 0. The maximum atomic E-state index is 14.9. The Kier molecular flexibility index (Phi) is 8.54. The zero-order valence-electron chi connectivity index (χ0n) is 25.8. The third-order valence-electron chi connectivity index (χ3n) is 7.98. The van der Waals surface area contributed by atoms with E-state index in [0.717, 1.165) is 12.1 Å². The fourth-order valence-electron chi connectivity index (χ4n) is 5.45. The van der Waals surface area contributed by atoms with Gasteiger partial charge >= 0.3 is 6.09 Å². The summed E-state index contributed by atoms with van der Waals surface area (Å²) in [5.74, 6) is -1.30. The third-order valence-corrected chi connectivity index (χ3v) is 9.72. The van der Waals surface area contributed by atoms with Gasteiger partial charge in [-0.15, -0.1) is 0 Å². The summed E-state index contributed by atoms with van der Waals surface area (Å²) in [5, 5.41) is 9.19. The summed E-state index contributed by atoms with van der Waals surface area (Å²) in [7, 11) is -3.82. The van der Waals surface area contributed by atoms with Gasteiger partial charge in [-0.2, -0.15) is 5.26 Å². The molecule has 0 radical (unpaired) electrons. The highest BCUT2D eigenvalue weighted by Gasteiger charge is 2.45. The van der Waals surface area contributed by atoms with Crippen molar-refractivity contribution in [1.82, 2.24) is 14.5 Å². The van der Waals surface area contributed by atoms with E-state index in [1.165, 1.54) is 36.9 Å². The number of aromatic nitrogens is 2. The number of carbonyl (C=O) groups excluding carboxylic acids is 1. The van der Waals surface area contributed by atoms with E-state index in [2.05, 4.69) is 9.71 Å². The number of rotatable bonds is 6. The quantitative estimate of drug-likeness (QED) is 0.388. The van der Waals surface area contributed by atoms with E-state index in [4.69, 9.17) is 14.2 Å². The molecule has 2 fully saturated rings. The van der Waals surface area contributed by atoms with Crippen molar-refractivity contribution in [2.24, 2.45) is 0 Å². The Morgan fingerprint density at radius 1 is 1.22 bits per heavy atom. The van der Waals surface area contributed by atoms with E-state index in [1.54, 1.807) is 11.0 Å². The van der Waals surface area contributed by atoms with Crippen LogP contribution < -0.4 is 15.0 Å². The molecule has 2 saturated heterocycles. The summed E-state index contributed by atoms with van der Waals surface area (Å²) in [6.45, 7) is 9.67. The van der Waals surface area contributed by atoms with Crippen LogP contribution in [0.15, 0.2) is 41.5 Å². The molecular formula is C31H36FN5O7S. The van der Waals surface area contributed by atoms with Crippen molar-refractivity contribution in [3.8, 4) is 17.6 Å². The van der Waals surface area contributed by atoms with Crippen LogP contribution in [0.4, 0.5) is 14.9 Å². The lowest BCUT2D eigenvalue weighted by Gasteiger charge is -2.39. The SMILES string of the molecule is CC(C)S(=O)(=O)Nc1ccc(F)c(Oc2ccc3ncn([C@H]4COC5(CCN(C(=O)OC(C)(C)C)CC5)C4)c(=O)c3c2)c1C#N. The number of hydrogen-bond acceptors (Lipinski definition) is 9. The highest BCUT2D eigenvalue weighted by atomic mass is 32.2. The minimum Gasteiger partial charge on any atom is -0.453 e. The van der Waals surface area contributed by atoms with Crippen LogP contribution in [0.3, 0.4) is 0 Å². The Bertz CT molecular complexity index is 1840. The largest absolute Gasteiger partial charge is 0.453 e. The topological polar surface area (TPSA) is 153 Å². The first-order valence-corrected chi connectivity index (χ1v) is 16.2. The molecule has 1 atom stereocenters. The van der Waals surface area contributed by atoms with E-state index >= 15 is 0 Å². The number of sulfonamides is 1. The summed E-state index contributed by atoms with van der Waals surface area (Å²) in [6.07, 6.45) is 2.90. The first-order chi connectivity index (χ1) is 21.1. The Morgan fingerprint density at radius 3 is 2.58 bits per heavy atom. The number of ether oxygens (including phenoxy) is 3. The molecule has 1 spiro atoms. The van der Waals surface area contributed by atoms with Crippen molar-refractivity contribution >= 4 is 32.7 Å². The first kappa shape index (κ1) is 32.2. The van der Waals surface area contributed by atoms with Crippen LogP contribution in [0.5, 0.6) is 11.5 Å². The van der Waals surface area contributed by atoms with E-state index in [9.17, 15) is 27.7 Å². The highest BCUT2D eigenvalue weighted by molar-refractivity contribution is 7.93. The zero-order chi connectivity index (χ0) is 32.7. The van der Waals surface area contributed by atoms with Crippen LogP contribution in [0, 0.1) is 17.1 Å². The number of likely N-dealkylation sites (tertiary alicyclic amines) is 1. The van der Waals surface area contributed by atoms with Crippen molar-refractivity contribution in [2.75, 3.05) is 24.4 Å². The minimum atomic E-state index is -3.82. The second-order valence-corrected chi connectivity index (χ2v) is 14.9. The van der Waals surface area contributed by atoms with Crippen molar-refractivity contribution in [1.29, 1.82) is 5.26 Å². The van der Waals surface area contributed by atoms with Gasteiger partial charge in [0.15, 0.2) is 11.6 Å². The number of nitrogens with one attached hydrogen (secondary N) is 1. The van der Waals surface area contributed by atoms with Gasteiger partial charge in [0, 0.05) is 13.1 Å². The number of nitriles is 1. The molecule has 14 heteroatoms. The molecule has 1 amide bonds. The van der Waals surface area contributed by atoms with Crippen molar-refractivity contribution in [3.05, 3.63) is 58.4 Å². The number of hydrogen-bond donors (Lipinski definition) is 1. The molecule has 5 rings (SSSR count). The molecule has 0 unspecified atom stereocenters. The Labute approximate surface area is 260 Å². The van der Waals surface area contributed by atoms with Gasteiger partial charge in [-0.3, -0.25) is 14.1 Å². The molecule has 3 heterocycles. The van der Waals surface area contributed by atoms with Crippen LogP contribution in [0.1, 0.15) is 65.5 Å². The van der Waals surface area contributed by atoms with Crippen LogP contribution >= 0.6 is 0 Å². The van der Waals surface area contributed by atoms with Crippen LogP contribution in [0.2, 0.25) is 0 Å². The van der Waals surface area contributed by atoms with Gasteiger partial charge in [-0.1, -0.05) is 0 Å². The van der Waals surface area contributed by atoms with Gasteiger partial charge in [-0.05, 0) is 84.2 Å². The molecular weight excluding hydrogens is 605 g/mol. The van der Waals surface area contributed by atoms with E-state index in [0.29, 0.717) is 44.5 Å². The normalized spacial score (nSPS) is 18.3. The fraction of sp³-hybridized carbons (Fsp3) is 0.484. The average Bonchev–Trinajstić information content (AvgIpc) is 3.37. The molecule has 2 aromatic carbocycles. The minimum absolute atomic E-state index is 0.0621. The molecule has 240 valence electrons. The maximum Gasteiger partial charge on any atom is 0.410 e. The molecule has 2 aliphatic rings. The number of anilines is 1. The molecule has 0 saturated carbocycles. The van der Waals surface area contributed by atoms with Gasteiger partial charge < -0.3 is 19.1 Å². The first-order valence-electron chi connectivity index (χ1n) is 14.7. The number of benzene rings is 2. The van der Waals surface area contributed by atoms with Crippen LogP contribution in [-0.2, 0) is 19.5 Å². The smallest absolute Gasteiger partial charge is 0.410 e. The van der Waals surface area contributed by atoms with Crippen LogP contribution in [-0.4, -0.2) is 65.1 Å². The summed E-state index contributed by atoms with van der Waals surface area (Å²) in [4.78, 5) is 32.3. The lowest BCUT2D eigenvalue weighted by Crippen LogP contribution is -2.48. The summed E-state index contributed by atoms with van der Waals surface area (Å²) in [5.41, 5.74) is -1.48. The molecule has 1 N–H and O–H groups in total. The van der Waals surface area contributed by atoms with Crippen molar-refractivity contribution in [3.63, 3.8) is 0 Å². The van der Waals surface area contributed by atoms with Gasteiger partial charge in [0.25, 0.3) is 5.56 Å². The molecule has 1 aromatic heterocycles. The lowest BCUT2D eigenvalue weighted by atomic mass is 9.87. The predicted octanol–water partition coefficient (Wildman–Crippen LogP) is 5.08. The number of fused-ring (bicyclic) bond motifs is 1. The Morgan fingerprint density at radius 2 is 1.93 bits per heavy atom. The summed E-state index contributed by atoms with van der Waals surface area (Å²) < 4.78 is 61.0. The molecule has 0 bridgehead atoms. The Balaban J connectivity index is 1.36.